The number of hydrogen-bond donors (Lipinski definition) is 2. The Hall–Kier alpha value is -2.59. The van der Waals surface area contributed by atoms with E-state index in [1.807, 2.05) is 13.8 Å². The largest absolute Gasteiger partial charge is 0.331 e. The third-order valence-corrected chi connectivity index (χ3v) is 5.54. The molecule has 30 heavy (non-hydrogen) atoms. The first-order valence-corrected chi connectivity index (χ1v) is 10.5. The van der Waals surface area contributed by atoms with E-state index >= 15 is 0 Å². The second-order valence-electron chi connectivity index (χ2n) is 7.37. The fraction of sp³-hybridized carbons (Fsp3) is 0.350. The molecule has 3 rings (SSSR count). The normalized spacial score (nSPS) is 19.9. The Morgan fingerprint density at radius 1 is 1.00 bits per heavy atom. The number of nitrogens with zero attached hydrogens (tertiary/aromatic N) is 2. The van der Waals surface area contributed by atoms with E-state index in [2.05, 4.69) is 4.72 Å². The summed E-state index contributed by atoms with van der Waals surface area (Å²) < 4.78 is 65.1. The Kier molecular flexibility index (Phi) is 6.67. The van der Waals surface area contributed by atoms with Crippen LogP contribution in [0.2, 0.25) is 0 Å². The summed E-state index contributed by atoms with van der Waals surface area (Å²) in [5.41, 5.74) is 0.428. The van der Waals surface area contributed by atoms with Crippen LogP contribution >= 0.6 is 0 Å². The van der Waals surface area contributed by atoms with Crippen LogP contribution in [0.15, 0.2) is 36.4 Å². The molecular formula is C20H22F3N3O3S. The van der Waals surface area contributed by atoms with Crippen molar-refractivity contribution in [2.45, 2.75) is 32.5 Å². The molecule has 0 radical (unpaired) electrons. The highest BCUT2D eigenvalue weighted by Gasteiger charge is 2.34. The summed E-state index contributed by atoms with van der Waals surface area (Å²) in [5.74, 6) is -3.32. The maximum atomic E-state index is 14.0. The molecule has 1 saturated heterocycles. The summed E-state index contributed by atoms with van der Waals surface area (Å²) in [6, 6.07) is 7.22. The van der Waals surface area contributed by atoms with Crippen molar-refractivity contribution in [3.05, 3.63) is 65.0 Å². The van der Waals surface area contributed by atoms with E-state index in [0.717, 1.165) is 12.1 Å². The van der Waals surface area contributed by atoms with Crippen molar-refractivity contribution < 1.29 is 26.4 Å². The Morgan fingerprint density at radius 3 is 2.13 bits per heavy atom. The molecule has 10 heteroatoms. The first-order valence-electron chi connectivity index (χ1n) is 9.36. The summed E-state index contributed by atoms with van der Waals surface area (Å²) in [6.45, 7) is 4.29. The second-order valence-corrected chi connectivity index (χ2v) is 8.11. The van der Waals surface area contributed by atoms with Gasteiger partial charge in [-0.05, 0) is 50.2 Å². The molecular weight excluding hydrogens is 419 g/mol. The van der Waals surface area contributed by atoms with Crippen molar-refractivity contribution in [2.75, 3.05) is 17.8 Å². The molecule has 6 nitrogen and oxygen atoms in total. The van der Waals surface area contributed by atoms with E-state index in [4.69, 9.17) is 0 Å². The minimum Gasteiger partial charge on any atom is -0.331 e. The average Bonchev–Trinajstić information content (AvgIpc) is 2.68. The molecule has 1 fully saturated rings. The summed E-state index contributed by atoms with van der Waals surface area (Å²) >= 11 is 0. The smallest absolute Gasteiger partial charge is 0.254 e. The lowest BCUT2D eigenvalue weighted by Crippen LogP contribution is -2.58. The van der Waals surface area contributed by atoms with Crippen molar-refractivity contribution in [1.82, 2.24) is 9.80 Å². The molecule has 1 N–H and O–H groups in total. The van der Waals surface area contributed by atoms with Gasteiger partial charge in [0.2, 0.25) is 10.9 Å². The number of halogens is 3. The van der Waals surface area contributed by atoms with Crippen LogP contribution in [-0.2, 0) is 17.4 Å². The van der Waals surface area contributed by atoms with E-state index in [0.29, 0.717) is 24.3 Å². The first kappa shape index (κ1) is 22.1. The average molecular weight is 441 g/mol. The molecule has 1 amide bonds. The van der Waals surface area contributed by atoms with Gasteiger partial charge in [0.1, 0.15) is 5.82 Å². The molecule has 0 spiro atoms. The van der Waals surface area contributed by atoms with E-state index in [1.54, 1.807) is 9.80 Å². The molecule has 1 aliphatic heterocycles. The molecule has 2 aromatic carbocycles. The highest BCUT2D eigenvalue weighted by atomic mass is 32.2. The molecule has 2 aromatic rings. The molecule has 1 heterocycles. The molecule has 162 valence electrons. The van der Waals surface area contributed by atoms with Gasteiger partial charge in [-0.2, -0.15) is 0 Å². The minimum atomic E-state index is -2.79. The number of anilines is 1. The molecule has 1 aliphatic rings. The number of carbonyl (C=O) groups excluding carboxylic acids is 1. The summed E-state index contributed by atoms with van der Waals surface area (Å²) in [5, 5.41) is 0. The number of benzene rings is 2. The first-order chi connectivity index (χ1) is 14.2. The number of amides is 1. The van der Waals surface area contributed by atoms with E-state index in [1.165, 1.54) is 24.3 Å². The molecule has 2 atom stereocenters. The predicted molar refractivity (Wildman–Crippen MR) is 107 cm³/mol. The zero-order chi connectivity index (χ0) is 22.0. The van der Waals surface area contributed by atoms with Crippen molar-refractivity contribution in [3.8, 4) is 0 Å². The Bertz CT molecular complexity index is 994. The quantitative estimate of drug-likeness (QED) is 0.553. The zero-order valence-electron chi connectivity index (χ0n) is 16.4. The van der Waals surface area contributed by atoms with Crippen LogP contribution in [0.4, 0.5) is 18.9 Å². The van der Waals surface area contributed by atoms with Gasteiger partial charge in [0.05, 0.1) is 0 Å². The Balaban J connectivity index is 1.72. The maximum absolute atomic E-state index is 14.0. The van der Waals surface area contributed by atoms with Crippen LogP contribution in [0.3, 0.4) is 0 Å². The van der Waals surface area contributed by atoms with Gasteiger partial charge in [-0.3, -0.25) is 14.4 Å². The Morgan fingerprint density at radius 2 is 1.57 bits per heavy atom. The maximum Gasteiger partial charge on any atom is 0.254 e. The summed E-state index contributed by atoms with van der Waals surface area (Å²) in [6.07, 6.45) is 0. The van der Waals surface area contributed by atoms with Crippen molar-refractivity contribution in [3.63, 3.8) is 0 Å². The van der Waals surface area contributed by atoms with Gasteiger partial charge < -0.3 is 4.90 Å². The van der Waals surface area contributed by atoms with E-state index in [9.17, 15) is 26.4 Å². The zero-order valence-corrected chi connectivity index (χ0v) is 17.3. The fourth-order valence-electron chi connectivity index (χ4n) is 3.84. The lowest BCUT2D eigenvalue weighted by atomic mass is 10.0. The molecule has 2 unspecified atom stereocenters. The van der Waals surface area contributed by atoms with Crippen molar-refractivity contribution in [1.29, 1.82) is 0 Å². The minimum absolute atomic E-state index is 0.0973. The van der Waals surface area contributed by atoms with Gasteiger partial charge in [-0.15, -0.1) is 0 Å². The van der Waals surface area contributed by atoms with Crippen molar-refractivity contribution in [2.24, 2.45) is 0 Å². The number of rotatable bonds is 5. The number of thiol groups is 1. The van der Waals surface area contributed by atoms with Crippen LogP contribution in [0.1, 0.15) is 29.8 Å². The van der Waals surface area contributed by atoms with Gasteiger partial charge in [-0.25, -0.2) is 21.6 Å². The molecule has 0 bridgehead atoms. The fourth-order valence-corrected chi connectivity index (χ4v) is 4.20. The van der Waals surface area contributed by atoms with Crippen LogP contribution < -0.4 is 4.72 Å². The van der Waals surface area contributed by atoms with Gasteiger partial charge in [0.25, 0.3) is 5.91 Å². The highest BCUT2D eigenvalue weighted by molar-refractivity contribution is 7.73. The number of carbonyl (C=O) groups is 1. The third-order valence-electron chi connectivity index (χ3n) is 5.10. The Labute approximate surface area is 174 Å². The molecule has 0 aliphatic carbocycles. The molecule has 0 aromatic heterocycles. The SMILES string of the molecule is CC1CN(Cc2c(F)ccc(F)c2F)CC(C)N1C(=O)c1ccc(N[SH](=O)=O)cc1. The lowest BCUT2D eigenvalue weighted by molar-refractivity contribution is 0.0262. The van der Waals surface area contributed by atoms with Gasteiger partial charge >= 0.3 is 0 Å². The van der Waals surface area contributed by atoms with Crippen LogP contribution in [0.25, 0.3) is 0 Å². The number of nitrogens with one attached hydrogen (secondary N) is 1. The van der Waals surface area contributed by atoms with E-state index < -0.39 is 28.3 Å². The lowest BCUT2D eigenvalue weighted by Gasteiger charge is -2.44. The van der Waals surface area contributed by atoms with Crippen LogP contribution in [-0.4, -0.2) is 49.3 Å². The van der Waals surface area contributed by atoms with Crippen LogP contribution in [0, 0.1) is 17.5 Å². The summed E-state index contributed by atoms with van der Waals surface area (Å²) in [4.78, 5) is 16.4. The molecule has 0 saturated carbocycles. The number of hydrogen-bond acceptors (Lipinski definition) is 4. The van der Waals surface area contributed by atoms with Gasteiger partial charge in [0, 0.05) is 48.5 Å². The van der Waals surface area contributed by atoms with Crippen LogP contribution in [0.5, 0.6) is 0 Å². The standard InChI is InChI=1S/C20H22F3N3O3S/c1-12-9-25(11-16-17(21)7-8-18(22)19(16)23)10-13(2)26(12)20(27)14-3-5-15(6-4-14)24-30(28)29/h3-8,12-13,30H,9-11H2,1-2H3,(H,24,28,29). The van der Waals surface area contributed by atoms with E-state index in [-0.39, 0.29) is 30.1 Å². The van der Waals surface area contributed by atoms with Gasteiger partial charge in [-0.1, -0.05) is 0 Å². The monoisotopic (exact) mass is 441 g/mol. The topological polar surface area (TPSA) is 69.7 Å². The highest BCUT2D eigenvalue weighted by Crippen LogP contribution is 2.24. The van der Waals surface area contributed by atoms with Gasteiger partial charge in [0.15, 0.2) is 11.6 Å². The number of piperazine rings is 1. The summed E-state index contributed by atoms with van der Waals surface area (Å²) in [7, 11) is -2.79. The third kappa shape index (κ3) is 4.76. The second kappa shape index (κ2) is 9.05. The predicted octanol–water partition coefficient (Wildman–Crippen LogP) is 2.78. The van der Waals surface area contributed by atoms with Crippen molar-refractivity contribution >= 4 is 22.5 Å².